The van der Waals surface area contributed by atoms with Gasteiger partial charge < -0.3 is 15.6 Å². The van der Waals surface area contributed by atoms with Crippen LogP contribution in [0.25, 0.3) is 0 Å². The molecular formula is C14H18N2O4. The lowest BCUT2D eigenvalue weighted by atomic mass is 9.92. The topological polar surface area (TPSA) is 92.9 Å². The third kappa shape index (κ3) is 2.17. The fraction of sp³-hybridized carbons (Fsp3) is 0.429. The number of rotatable bonds is 4. The number of amides is 1. The van der Waals surface area contributed by atoms with Gasteiger partial charge in [0.25, 0.3) is 5.91 Å². The Morgan fingerprint density at radius 2 is 2.05 bits per heavy atom. The van der Waals surface area contributed by atoms with Gasteiger partial charge in [0.15, 0.2) is 5.60 Å². The van der Waals surface area contributed by atoms with E-state index in [9.17, 15) is 9.59 Å². The van der Waals surface area contributed by atoms with Crippen LogP contribution in [-0.2, 0) is 9.59 Å². The Morgan fingerprint density at radius 3 is 2.60 bits per heavy atom. The summed E-state index contributed by atoms with van der Waals surface area (Å²) in [5.74, 6) is -0.915. The molecule has 0 aromatic heterocycles. The summed E-state index contributed by atoms with van der Waals surface area (Å²) in [5.41, 5.74) is 5.58. The van der Waals surface area contributed by atoms with Gasteiger partial charge in [-0.2, -0.15) is 0 Å². The summed E-state index contributed by atoms with van der Waals surface area (Å²) in [6, 6.07) is 4.90. The van der Waals surface area contributed by atoms with Crippen LogP contribution < -0.4 is 15.4 Å². The molecule has 0 aliphatic carbocycles. The summed E-state index contributed by atoms with van der Waals surface area (Å²) in [7, 11) is 0. The van der Waals surface area contributed by atoms with Crippen molar-refractivity contribution in [3.63, 3.8) is 0 Å². The number of nitrogens with zero attached hydrogens (tertiary/aromatic N) is 1. The van der Waals surface area contributed by atoms with E-state index in [1.807, 2.05) is 13.8 Å². The number of carboxylic acids is 1. The average Bonchev–Trinajstić information content (AvgIpc) is 2.42. The van der Waals surface area contributed by atoms with Crippen molar-refractivity contribution in [2.75, 3.05) is 17.2 Å². The first-order valence-electron chi connectivity index (χ1n) is 6.56. The first-order chi connectivity index (χ1) is 9.43. The highest BCUT2D eigenvalue weighted by atomic mass is 16.5. The van der Waals surface area contributed by atoms with Crippen molar-refractivity contribution in [1.29, 1.82) is 0 Å². The fourth-order valence-electron chi connectivity index (χ4n) is 2.43. The number of fused-ring (bicyclic) bond motifs is 1. The van der Waals surface area contributed by atoms with Crippen molar-refractivity contribution in [1.82, 2.24) is 0 Å². The number of benzene rings is 1. The summed E-state index contributed by atoms with van der Waals surface area (Å²) in [6.07, 6.45) is 0.949. The Hall–Kier alpha value is -2.24. The highest BCUT2D eigenvalue weighted by Crippen LogP contribution is 2.41. The molecule has 6 heteroatoms. The molecule has 1 aliphatic rings. The van der Waals surface area contributed by atoms with E-state index in [1.54, 1.807) is 18.2 Å². The molecule has 0 bridgehead atoms. The number of carboxylic acid groups (broad SMARTS) is 1. The lowest BCUT2D eigenvalue weighted by molar-refractivity contribution is -0.141. The number of nitrogen functional groups attached to an aromatic ring is 1. The van der Waals surface area contributed by atoms with Crippen LogP contribution in [0.1, 0.15) is 26.7 Å². The standard InChI is InChI=1S/C14H18N2O4/c1-3-14(4-2)13(19)16(8-12(17)18)10-7-9(15)5-6-11(10)20-14/h5-7H,3-4,8,15H2,1-2H3,(H,17,18). The van der Waals surface area contributed by atoms with Gasteiger partial charge >= 0.3 is 5.97 Å². The minimum Gasteiger partial charge on any atom is -0.480 e. The third-order valence-electron chi connectivity index (χ3n) is 3.65. The van der Waals surface area contributed by atoms with Gasteiger partial charge in [-0.1, -0.05) is 13.8 Å². The van der Waals surface area contributed by atoms with Crippen molar-refractivity contribution >= 4 is 23.3 Å². The van der Waals surface area contributed by atoms with Gasteiger partial charge in [-0.25, -0.2) is 0 Å². The Labute approximate surface area is 117 Å². The van der Waals surface area contributed by atoms with Crippen LogP contribution in [0.5, 0.6) is 5.75 Å². The van der Waals surface area contributed by atoms with Crippen molar-refractivity contribution in [3.8, 4) is 5.75 Å². The zero-order valence-electron chi connectivity index (χ0n) is 11.5. The van der Waals surface area contributed by atoms with Crippen LogP contribution in [0.2, 0.25) is 0 Å². The van der Waals surface area contributed by atoms with Gasteiger partial charge in [-0.15, -0.1) is 0 Å². The molecule has 1 heterocycles. The SMILES string of the molecule is CCC1(CC)Oc2ccc(N)cc2N(CC(=O)O)C1=O. The number of nitrogens with two attached hydrogens (primary N) is 1. The van der Waals surface area contributed by atoms with E-state index in [1.165, 1.54) is 4.90 Å². The summed E-state index contributed by atoms with van der Waals surface area (Å²) in [5, 5.41) is 9.03. The van der Waals surface area contributed by atoms with Gasteiger partial charge in [0.05, 0.1) is 5.69 Å². The number of carbonyl (C=O) groups is 2. The van der Waals surface area contributed by atoms with E-state index in [0.29, 0.717) is 30.0 Å². The first kappa shape index (κ1) is 14.2. The average molecular weight is 278 g/mol. The molecular weight excluding hydrogens is 260 g/mol. The summed E-state index contributed by atoms with van der Waals surface area (Å²) >= 11 is 0. The highest BCUT2D eigenvalue weighted by Gasteiger charge is 2.46. The molecule has 1 amide bonds. The van der Waals surface area contributed by atoms with Crippen molar-refractivity contribution in [2.45, 2.75) is 32.3 Å². The number of anilines is 2. The molecule has 0 unspecified atom stereocenters. The minimum absolute atomic E-state index is 0.331. The molecule has 1 aromatic carbocycles. The van der Waals surface area contributed by atoms with Gasteiger partial charge in [0, 0.05) is 5.69 Å². The molecule has 2 rings (SSSR count). The summed E-state index contributed by atoms with van der Waals surface area (Å²) < 4.78 is 5.86. The quantitative estimate of drug-likeness (QED) is 0.817. The van der Waals surface area contributed by atoms with Crippen LogP contribution in [0, 0.1) is 0 Å². The van der Waals surface area contributed by atoms with Gasteiger partial charge in [0.1, 0.15) is 12.3 Å². The molecule has 108 valence electrons. The molecule has 6 nitrogen and oxygen atoms in total. The van der Waals surface area contributed by atoms with Gasteiger partial charge in [0.2, 0.25) is 0 Å². The van der Waals surface area contributed by atoms with E-state index < -0.39 is 18.1 Å². The Balaban J connectivity index is 2.55. The zero-order chi connectivity index (χ0) is 14.9. The predicted molar refractivity (Wildman–Crippen MR) is 74.8 cm³/mol. The van der Waals surface area contributed by atoms with E-state index >= 15 is 0 Å². The molecule has 20 heavy (non-hydrogen) atoms. The largest absolute Gasteiger partial charge is 0.480 e. The second-order valence-corrected chi connectivity index (χ2v) is 4.82. The molecule has 0 atom stereocenters. The molecule has 3 N–H and O–H groups in total. The number of aliphatic carboxylic acids is 1. The Morgan fingerprint density at radius 1 is 1.40 bits per heavy atom. The second kappa shape index (κ2) is 5.03. The van der Waals surface area contributed by atoms with Crippen LogP contribution in [0.15, 0.2) is 18.2 Å². The monoisotopic (exact) mass is 278 g/mol. The van der Waals surface area contributed by atoms with Crippen LogP contribution in [0.4, 0.5) is 11.4 Å². The maximum Gasteiger partial charge on any atom is 0.323 e. The number of carbonyl (C=O) groups excluding carboxylic acids is 1. The van der Waals surface area contributed by atoms with E-state index in [2.05, 4.69) is 0 Å². The number of ether oxygens (including phenoxy) is 1. The number of hydrogen-bond acceptors (Lipinski definition) is 4. The van der Waals surface area contributed by atoms with Crippen molar-refractivity contribution in [2.24, 2.45) is 0 Å². The molecule has 0 saturated carbocycles. The normalized spacial score (nSPS) is 16.5. The molecule has 0 spiro atoms. The Kier molecular flexibility index (Phi) is 3.57. The van der Waals surface area contributed by atoms with Gasteiger partial charge in [-0.3, -0.25) is 14.5 Å². The van der Waals surface area contributed by atoms with E-state index in [0.717, 1.165) is 0 Å². The molecule has 1 aromatic rings. The number of hydrogen-bond donors (Lipinski definition) is 2. The lowest BCUT2D eigenvalue weighted by Gasteiger charge is -2.41. The molecule has 0 radical (unpaired) electrons. The minimum atomic E-state index is -1.07. The highest BCUT2D eigenvalue weighted by molar-refractivity contribution is 6.05. The molecule has 0 fully saturated rings. The smallest absolute Gasteiger partial charge is 0.323 e. The first-order valence-corrected chi connectivity index (χ1v) is 6.56. The zero-order valence-corrected chi connectivity index (χ0v) is 11.5. The third-order valence-corrected chi connectivity index (χ3v) is 3.65. The summed E-state index contributed by atoms with van der Waals surface area (Å²) in [6.45, 7) is 3.30. The summed E-state index contributed by atoms with van der Waals surface area (Å²) in [4.78, 5) is 24.9. The Bertz CT molecular complexity index is 552. The van der Waals surface area contributed by atoms with Crippen LogP contribution in [0.3, 0.4) is 0 Å². The van der Waals surface area contributed by atoms with E-state index in [4.69, 9.17) is 15.6 Å². The van der Waals surface area contributed by atoms with Crippen LogP contribution >= 0.6 is 0 Å². The lowest BCUT2D eigenvalue weighted by Crippen LogP contribution is -2.56. The van der Waals surface area contributed by atoms with Crippen molar-refractivity contribution in [3.05, 3.63) is 18.2 Å². The second-order valence-electron chi connectivity index (χ2n) is 4.82. The molecule has 0 saturated heterocycles. The van der Waals surface area contributed by atoms with Crippen molar-refractivity contribution < 1.29 is 19.4 Å². The van der Waals surface area contributed by atoms with Gasteiger partial charge in [-0.05, 0) is 31.0 Å². The maximum atomic E-state index is 12.6. The molecule has 1 aliphatic heterocycles. The fourth-order valence-corrected chi connectivity index (χ4v) is 2.43. The van der Waals surface area contributed by atoms with Crippen LogP contribution in [-0.4, -0.2) is 29.1 Å². The predicted octanol–water partition coefficient (Wildman–Crippen LogP) is 1.64. The maximum absolute atomic E-state index is 12.6. The van der Waals surface area contributed by atoms with E-state index in [-0.39, 0.29) is 5.91 Å².